The van der Waals surface area contributed by atoms with E-state index in [4.69, 9.17) is 16.0 Å². The van der Waals surface area contributed by atoms with Crippen LogP contribution in [0, 0.1) is 0 Å². The molecule has 4 heteroatoms. The molecule has 0 atom stereocenters. The molecule has 0 aliphatic rings. The fraction of sp³-hybridized carbons (Fsp3) is 0. The number of furan rings is 1. The molecule has 0 aliphatic carbocycles. The van der Waals surface area contributed by atoms with Gasteiger partial charge < -0.3 is 4.42 Å². The Morgan fingerprint density at radius 1 is 1.45 bits per heavy atom. The highest BCUT2D eigenvalue weighted by Crippen LogP contribution is 2.30. The van der Waals surface area contributed by atoms with Crippen LogP contribution in [0.1, 0.15) is 0 Å². The molecule has 2 rings (SSSR count). The maximum Gasteiger partial charge on any atom is 0.154 e. The van der Waals surface area contributed by atoms with E-state index < -0.39 is 0 Å². The molecule has 0 unspecified atom stereocenters. The van der Waals surface area contributed by atoms with E-state index in [9.17, 15) is 0 Å². The summed E-state index contributed by atoms with van der Waals surface area (Å²) in [6.45, 7) is 0. The van der Waals surface area contributed by atoms with Gasteiger partial charge in [-0.05, 0) is 15.9 Å². The van der Waals surface area contributed by atoms with Gasteiger partial charge in [-0.3, -0.25) is 4.98 Å². The first kappa shape index (κ1) is 7.13. The molecule has 0 spiro atoms. The van der Waals surface area contributed by atoms with Crippen LogP contribution in [-0.4, -0.2) is 4.98 Å². The summed E-state index contributed by atoms with van der Waals surface area (Å²) in [7, 11) is 0. The quantitative estimate of drug-likeness (QED) is 0.697. The van der Waals surface area contributed by atoms with E-state index in [0.29, 0.717) is 10.6 Å². The van der Waals surface area contributed by atoms with Gasteiger partial charge in [0, 0.05) is 6.20 Å². The number of hydrogen-bond acceptors (Lipinski definition) is 2. The van der Waals surface area contributed by atoms with Gasteiger partial charge in [-0.1, -0.05) is 11.6 Å². The van der Waals surface area contributed by atoms with Crippen molar-refractivity contribution in [3.63, 3.8) is 0 Å². The second kappa shape index (κ2) is 2.50. The molecule has 56 valence electrons. The zero-order chi connectivity index (χ0) is 7.84. The third-order valence-electron chi connectivity index (χ3n) is 1.39. The summed E-state index contributed by atoms with van der Waals surface area (Å²) >= 11 is 9.16. The van der Waals surface area contributed by atoms with E-state index in [0.717, 1.165) is 9.86 Å². The molecule has 0 N–H and O–H groups in total. The molecule has 0 aromatic carbocycles. The fourth-order valence-electron chi connectivity index (χ4n) is 0.912. The van der Waals surface area contributed by atoms with Crippen molar-refractivity contribution in [2.75, 3.05) is 0 Å². The number of hydrogen-bond donors (Lipinski definition) is 0. The van der Waals surface area contributed by atoms with Gasteiger partial charge in [-0.25, -0.2) is 0 Å². The predicted octanol–water partition coefficient (Wildman–Crippen LogP) is 3.24. The molecule has 11 heavy (non-hydrogen) atoms. The molecular weight excluding hydrogens is 229 g/mol. The van der Waals surface area contributed by atoms with Crippen LogP contribution < -0.4 is 0 Å². The average molecular weight is 232 g/mol. The molecular formula is C7H3BrClNO. The summed E-state index contributed by atoms with van der Waals surface area (Å²) in [4.78, 5) is 3.88. The Labute approximate surface area is 76.3 Å². The summed E-state index contributed by atoms with van der Waals surface area (Å²) in [5.41, 5.74) is 0.698. The molecule has 2 aromatic heterocycles. The number of aromatic nitrogens is 1. The molecule has 0 saturated heterocycles. The van der Waals surface area contributed by atoms with Crippen LogP contribution in [-0.2, 0) is 0 Å². The lowest BCUT2D eigenvalue weighted by atomic mass is 10.3. The van der Waals surface area contributed by atoms with E-state index in [2.05, 4.69) is 20.9 Å². The van der Waals surface area contributed by atoms with Crippen LogP contribution >= 0.6 is 27.5 Å². The molecule has 2 nitrogen and oxygen atoms in total. The van der Waals surface area contributed by atoms with Gasteiger partial charge in [-0.2, -0.15) is 0 Å². The monoisotopic (exact) mass is 231 g/mol. The lowest BCUT2D eigenvalue weighted by molar-refractivity contribution is 0.612. The molecule has 0 amide bonds. The minimum atomic E-state index is 0.600. The van der Waals surface area contributed by atoms with Gasteiger partial charge in [0.25, 0.3) is 0 Å². The smallest absolute Gasteiger partial charge is 0.154 e. The zero-order valence-corrected chi connectivity index (χ0v) is 7.69. The van der Waals surface area contributed by atoms with E-state index in [1.54, 1.807) is 18.7 Å². The highest BCUT2D eigenvalue weighted by atomic mass is 79.9. The second-order valence-electron chi connectivity index (χ2n) is 2.08. The van der Waals surface area contributed by atoms with Gasteiger partial charge in [0.05, 0.1) is 21.1 Å². The third kappa shape index (κ3) is 1.04. The summed E-state index contributed by atoms with van der Waals surface area (Å²) in [5.74, 6) is 0. The van der Waals surface area contributed by atoms with Crippen molar-refractivity contribution in [1.82, 2.24) is 4.98 Å². The van der Waals surface area contributed by atoms with Crippen LogP contribution in [0.3, 0.4) is 0 Å². The summed E-state index contributed by atoms with van der Waals surface area (Å²) < 4.78 is 6.00. The van der Waals surface area contributed by atoms with Crippen molar-refractivity contribution in [2.45, 2.75) is 0 Å². The average Bonchev–Trinajstić information content (AvgIpc) is 2.34. The predicted molar refractivity (Wildman–Crippen MR) is 46.7 cm³/mol. The molecule has 2 aromatic rings. The minimum absolute atomic E-state index is 0.600. The van der Waals surface area contributed by atoms with Crippen molar-refractivity contribution >= 4 is 38.5 Å². The fourth-order valence-corrected chi connectivity index (χ4v) is 1.78. The van der Waals surface area contributed by atoms with Crippen LogP contribution in [0.2, 0.25) is 5.02 Å². The van der Waals surface area contributed by atoms with Crippen molar-refractivity contribution in [3.05, 3.63) is 28.2 Å². The minimum Gasteiger partial charge on any atom is -0.461 e. The van der Waals surface area contributed by atoms with Gasteiger partial charge in [0.1, 0.15) is 6.26 Å². The van der Waals surface area contributed by atoms with Gasteiger partial charge >= 0.3 is 0 Å². The summed E-state index contributed by atoms with van der Waals surface area (Å²) in [6.07, 6.45) is 4.81. The number of pyridine rings is 1. The Balaban J connectivity index is 2.96. The topological polar surface area (TPSA) is 26.0 Å². The maximum atomic E-state index is 5.85. The normalized spacial score (nSPS) is 10.7. The number of fused-ring (bicyclic) bond motifs is 1. The highest BCUT2D eigenvalue weighted by Gasteiger charge is 2.06. The standard InChI is InChI=1S/C7H3BrClNO/c8-4-3-11-6-2-10-1-5(9)7(4)6/h1-3H. The van der Waals surface area contributed by atoms with Gasteiger partial charge in [0.2, 0.25) is 0 Å². The van der Waals surface area contributed by atoms with Crippen molar-refractivity contribution in [1.29, 1.82) is 0 Å². The van der Waals surface area contributed by atoms with E-state index in [1.807, 2.05) is 0 Å². The first-order valence-electron chi connectivity index (χ1n) is 2.95. The number of nitrogens with zero attached hydrogens (tertiary/aromatic N) is 1. The Hall–Kier alpha value is -0.540. The first-order chi connectivity index (χ1) is 5.29. The SMILES string of the molecule is Clc1cncc2occ(Br)c12. The van der Waals surface area contributed by atoms with Crippen molar-refractivity contribution in [2.24, 2.45) is 0 Å². The van der Waals surface area contributed by atoms with Crippen molar-refractivity contribution in [3.8, 4) is 0 Å². The highest BCUT2D eigenvalue weighted by molar-refractivity contribution is 9.10. The Morgan fingerprint density at radius 3 is 3.00 bits per heavy atom. The van der Waals surface area contributed by atoms with Crippen LogP contribution in [0.25, 0.3) is 11.0 Å². The van der Waals surface area contributed by atoms with Crippen molar-refractivity contribution < 1.29 is 4.42 Å². The largest absolute Gasteiger partial charge is 0.461 e. The second-order valence-corrected chi connectivity index (χ2v) is 3.34. The van der Waals surface area contributed by atoms with Gasteiger partial charge in [0.15, 0.2) is 5.58 Å². The molecule has 0 saturated carbocycles. The molecule has 2 heterocycles. The summed E-state index contributed by atoms with van der Waals surface area (Å²) in [5, 5.41) is 1.48. The van der Waals surface area contributed by atoms with E-state index in [-0.39, 0.29) is 0 Å². The third-order valence-corrected chi connectivity index (χ3v) is 2.26. The molecule has 0 radical (unpaired) electrons. The molecule has 0 aliphatic heterocycles. The van der Waals surface area contributed by atoms with Crippen LogP contribution in [0.5, 0.6) is 0 Å². The summed E-state index contributed by atoms with van der Waals surface area (Å²) in [6, 6.07) is 0. The van der Waals surface area contributed by atoms with Gasteiger partial charge in [-0.15, -0.1) is 0 Å². The van der Waals surface area contributed by atoms with E-state index >= 15 is 0 Å². The number of halogens is 2. The molecule has 0 bridgehead atoms. The first-order valence-corrected chi connectivity index (χ1v) is 4.12. The lowest BCUT2D eigenvalue weighted by Crippen LogP contribution is -1.71. The lowest BCUT2D eigenvalue weighted by Gasteiger charge is -1.89. The maximum absolute atomic E-state index is 5.85. The Bertz CT molecular complexity index is 398. The van der Waals surface area contributed by atoms with Crippen LogP contribution in [0.4, 0.5) is 0 Å². The van der Waals surface area contributed by atoms with Crippen LogP contribution in [0.15, 0.2) is 27.5 Å². The Morgan fingerprint density at radius 2 is 2.27 bits per heavy atom. The number of rotatable bonds is 0. The van der Waals surface area contributed by atoms with E-state index in [1.165, 1.54) is 0 Å². The zero-order valence-electron chi connectivity index (χ0n) is 5.34. The molecule has 0 fully saturated rings. The Kier molecular flexibility index (Phi) is 1.62.